The van der Waals surface area contributed by atoms with Crippen LogP contribution in [0, 0.1) is 11.7 Å². The molecule has 1 aliphatic rings. The average Bonchev–Trinajstić information content (AvgIpc) is 2.51. The van der Waals surface area contributed by atoms with E-state index < -0.39 is 10.0 Å². The van der Waals surface area contributed by atoms with Crippen LogP contribution in [0.1, 0.15) is 18.4 Å². The highest BCUT2D eigenvalue weighted by molar-refractivity contribution is 7.88. The molecule has 2 rings (SSSR count). The van der Waals surface area contributed by atoms with E-state index in [1.807, 2.05) is 0 Å². The molecular formula is C15H22FN3O3S. The number of nitrogens with zero attached hydrogens (tertiary/aromatic N) is 1. The lowest BCUT2D eigenvalue weighted by molar-refractivity contribution is 0.230. The molecule has 8 heteroatoms. The molecule has 23 heavy (non-hydrogen) atoms. The number of piperidine rings is 1. The Morgan fingerprint density at radius 2 is 1.91 bits per heavy atom. The quantitative estimate of drug-likeness (QED) is 0.846. The van der Waals surface area contributed by atoms with E-state index in [-0.39, 0.29) is 24.3 Å². The van der Waals surface area contributed by atoms with Gasteiger partial charge in [-0.3, -0.25) is 0 Å². The fourth-order valence-corrected chi connectivity index (χ4v) is 3.44. The van der Waals surface area contributed by atoms with E-state index >= 15 is 0 Å². The molecule has 0 saturated carbocycles. The van der Waals surface area contributed by atoms with Crippen molar-refractivity contribution in [2.24, 2.45) is 5.92 Å². The molecule has 1 aromatic carbocycles. The van der Waals surface area contributed by atoms with Gasteiger partial charge in [0.2, 0.25) is 10.0 Å². The summed E-state index contributed by atoms with van der Waals surface area (Å²) < 4.78 is 37.7. The highest BCUT2D eigenvalue weighted by atomic mass is 32.2. The van der Waals surface area contributed by atoms with Crippen LogP contribution in [0.4, 0.5) is 9.18 Å². The minimum atomic E-state index is -3.13. The summed E-state index contributed by atoms with van der Waals surface area (Å²) in [5.41, 5.74) is 0.434. The molecular weight excluding hydrogens is 321 g/mol. The second kappa shape index (κ2) is 7.74. The van der Waals surface area contributed by atoms with Crippen molar-refractivity contribution in [3.05, 3.63) is 35.6 Å². The smallest absolute Gasteiger partial charge is 0.315 e. The standard InChI is InChI=1S/C15H22FN3O3S/c1-23(21,22)19-8-6-12(7-9-19)10-17-15(20)18-11-13-4-2-3-5-14(13)16/h2-5,12H,6-11H2,1H3,(H2,17,18,20). The zero-order valence-electron chi connectivity index (χ0n) is 13.1. The van der Waals surface area contributed by atoms with E-state index in [9.17, 15) is 17.6 Å². The van der Waals surface area contributed by atoms with Crippen molar-refractivity contribution in [3.63, 3.8) is 0 Å². The Kier molecular flexibility index (Phi) is 5.95. The number of carbonyl (C=O) groups is 1. The molecule has 128 valence electrons. The molecule has 2 amide bonds. The first-order valence-corrected chi connectivity index (χ1v) is 9.41. The summed E-state index contributed by atoms with van der Waals surface area (Å²) in [6.45, 7) is 1.59. The summed E-state index contributed by atoms with van der Waals surface area (Å²) in [6.07, 6.45) is 2.66. The number of benzene rings is 1. The van der Waals surface area contributed by atoms with Gasteiger partial charge in [0.05, 0.1) is 6.26 Å². The highest BCUT2D eigenvalue weighted by Crippen LogP contribution is 2.18. The van der Waals surface area contributed by atoms with Gasteiger partial charge in [0.25, 0.3) is 0 Å². The van der Waals surface area contributed by atoms with Gasteiger partial charge in [-0.2, -0.15) is 0 Å². The monoisotopic (exact) mass is 343 g/mol. The van der Waals surface area contributed by atoms with E-state index in [2.05, 4.69) is 10.6 Å². The van der Waals surface area contributed by atoms with Crippen molar-refractivity contribution >= 4 is 16.1 Å². The molecule has 1 aliphatic heterocycles. The minimum absolute atomic E-state index is 0.130. The molecule has 0 spiro atoms. The third-order valence-corrected chi connectivity index (χ3v) is 5.29. The SMILES string of the molecule is CS(=O)(=O)N1CCC(CNC(=O)NCc2ccccc2F)CC1. The van der Waals surface area contributed by atoms with Crippen LogP contribution in [-0.4, -0.2) is 44.6 Å². The highest BCUT2D eigenvalue weighted by Gasteiger charge is 2.24. The van der Waals surface area contributed by atoms with Gasteiger partial charge in [0.1, 0.15) is 5.82 Å². The summed E-state index contributed by atoms with van der Waals surface area (Å²) in [7, 11) is -3.13. The van der Waals surface area contributed by atoms with Crippen LogP contribution in [0.25, 0.3) is 0 Å². The first kappa shape index (κ1) is 17.7. The van der Waals surface area contributed by atoms with Gasteiger partial charge in [0.15, 0.2) is 0 Å². The molecule has 1 aromatic rings. The van der Waals surface area contributed by atoms with Crippen LogP contribution in [0.5, 0.6) is 0 Å². The number of nitrogens with one attached hydrogen (secondary N) is 2. The molecule has 1 fully saturated rings. The van der Waals surface area contributed by atoms with E-state index in [0.29, 0.717) is 25.2 Å². The number of amides is 2. The third-order valence-electron chi connectivity index (χ3n) is 3.99. The summed E-state index contributed by atoms with van der Waals surface area (Å²) in [6, 6.07) is 5.94. The Balaban J connectivity index is 1.69. The van der Waals surface area contributed by atoms with Gasteiger partial charge in [0, 0.05) is 31.7 Å². The van der Waals surface area contributed by atoms with Gasteiger partial charge >= 0.3 is 6.03 Å². The Bertz CT molecular complexity index is 643. The molecule has 0 radical (unpaired) electrons. The number of hydrogen-bond donors (Lipinski definition) is 2. The normalized spacial score (nSPS) is 17.0. The molecule has 0 bridgehead atoms. The summed E-state index contributed by atoms with van der Waals surface area (Å²) in [5.74, 6) is -0.0897. The lowest BCUT2D eigenvalue weighted by atomic mass is 9.98. The molecule has 0 atom stereocenters. The number of halogens is 1. The predicted molar refractivity (Wildman–Crippen MR) is 85.8 cm³/mol. The third kappa shape index (κ3) is 5.47. The van der Waals surface area contributed by atoms with E-state index in [1.54, 1.807) is 18.2 Å². The number of hydrogen-bond acceptors (Lipinski definition) is 3. The zero-order valence-corrected chi connectivity index (χ0v) is 13.9. The van der Waals surface area contributed by atoms with Crippen LogP contribution in [0.15, 0.2) is 24.3 Å². The molecule has 0 aliphatic carbocycles. The molecule has 1 saturated heterocycles. The maximum absolute atomic E-state index is 13.4. The summed E-state index contributed by atoms with van der Waals surface area (Å²) >= 11 is 0. The van der Waals surface area contributed by atoms with Crippen molar-refractivity contribution in [2.75, 3.05) is 25.9 Å². The fraction of sp³-hybridized carbons (Fsp3) is 0.533. The lowest BCUT2D eigenvalue weighted by Gasteiger charge is -2.30. The van der Waals surface area contributed by atoms with Gasteiger partial charge < -0.3 is 10.6 Å². The second-order valence-electron chi connectivity index (χ2n) is 5.76. The van der Waals surface area contributed by atoms with Gasteiger partial charge in [-0.1, -0.05) is 18.2 Å². The topological polar surface area (TPSA) is 78.5 Å². The maximum atomic E-state index is 13.4. The lowest BCUT2D eigenvalue weighted by Crippen LogP contribution is -2.43. The Morgan fingerprint density at radius 3 is 2.52 bits per heavy atom. The number of sulfonamides is 1. The first-order valence-electron chi connectivity index (χ1n) is 7.56. The minimum Gasteiger partial charge on any atom is -0.338 e. The van der Waals surface area contributed by atoms with Crippen LogP contribution < -0.4 is 10.6 Å². The molecule has 0 unspecified atom stereocenters. The molecule has 6 nitrogen and oxygen atoms in total. The van der Waals surface area contributed by atoms with Gasteiger partial charge in [-0.25, -0.2) is 21.9 Å². The van der Waals surface area contributed by atoms with E-state index in [4.69, 9.17) is 0 Å². The number of carbonyl (C=O) groups excluding carboxylic acids is 1. The number of rotatable bonds is 5. The number of urea groups is 1. The van der Waals surface area contributed by atoms with Crippen molar-refractivity contribution < 1.29 is 17.6 Å². The van der Waals surface area contributed by atoms with Gasteiger partial charge in [-0.15, -0.1) is 0 Å². The molecule has 0 aromatic heterocycles. The second-order valence-corrected chi connectivity index (χ2v) is 7.74. The van der Waals surface area contributed by atoms with E-state index in [1.165, 1.54) is 16.6 Å². The van der Waals surface area contributed by atoms with Crippen LogP contribution >= 0.6 is 0 Å². The first-order chi connectivity index (χ1) is 10.9. The zero-order chi connectivity index (χ0) is 16.9. The van der Waals surface area contributed by atoms with Crippen molar-refractivity contribution in [3.8, 4) is 0 Å². The van der Waals surface area contributed by atoms with Crippen LogP contribution in [-0.2, 0) is 16.6 Å². The Hall–Kier alpha value is -1.67. The average molecular weight is 343 g/mol. The molecule has 2 N–H and O–H groups in total. The fourth-order valence-electron chi connectivity index (χ4n) is 2.56. The largest absolute Gasteiger partial charge is 0.338 e. The predicted octanol–water partition coefficient (Wildman–Crippen LogP) is 1.30. The van der Waals surface area contributed by atoms with E-state index in [0.717, 1.165) is 12.8 Å². The van der Waals surface area contributed by atoms with Crippen LogP contribution in [0.3, 0.4) is 0 Å². The Morgan fingerprint density at radius 1 is 1.26 bits per heavy atom. The summed E-state index contributed by atoms with van der Waals surface area (Å²) in [4.78, 5) is 11.7. The van der Waals surface area contributed by atoms with Crippen molar-refractivity contribution in [1.29, 1.82) is 0 Å². The molecule has 1 heterocycles. The van der Waals surface area contributed by atoms with Crippen molar-refractivity contribution in [2.45, 2.75) is 19.4 Å². The van der Waals surface area contributed by atoms with Gasteiger partial charge in [-0.05, 0) is 24.8 Å². The van der Waals surface area contributed by atoms with Crippen molar-refractivity contribution in [1.82, 2.24) is 14.9 Å². The summed E-state index contributed by atoms with van der Waals surface area (Å²) in [5, 5.41) is 5.37. The van der Waals surface area contributed by atoms with Crippen LogP contribution in [0.2, 0.25) is 0 Å². The Labute approximate surface area is 136 Å². The maximum Gasteiger partial charge on any atom is 0.315 e.